The molecule has 1 unspecified atom stereocenters. The Morgan fingerprint density at radius 1 is 1.56 bits per heavy atom. The Morgan fingerprint density at radius 3 is 2.83 bits per heavy atom. The van der Waals surface area contributed by atoms with Crippen molar-refractivity contribution in [3.8, 4) is 0 Å². The fourth-order valence-electron chi connectivity index (χ4n) is 2.39. The van der Waals surface area contributed by atoms with Crippen molar-refractivity contribution in [3.05, 3.63) is 33.2 Å². The number of rotatable bonds is 3. The van der Waals surface area contributed by atoms with Gasteiger partial charge in [0.2, 0.25) is 0 Å². The van der Waals surface area contributed by atoms with Crippen molar-refractivity contribution in [2.45, 2.75) is 39.3 Å². The molecule has 0 bridgehead atoms. The standard InChI is InChI=1S/C13H16ClNO3/c1-8-6-9(2)15(7-10-4-3-5-18-10)13(17)11(8)12(14)16/h6,10H,3-5,7H2,1-2H3. The second-order valence-electron chi connectivity index (χ2n) is 4.67. The normalized spacial score (nSPS) is 19.2. The molecular weight excluding hydrogens is 254 g/mol. The first-order chi connectivity index (χ1) is 8.50. The fraction of sp³-hybridized carbons (Fsp3) is 0.538. The van der Waals surface area contributed by atoms with Crippen molar-refractivity contribution in [2.75, 3.05) is 6.61 Å². The zero-order chi connectivity index (χ0) is 13.3. The van der Waals surface area contributed by atoms with Gasteiger partial charge in [0, 0.05) is 12.3 Å². The van der Waals surface area contributed by atoms with E-state index in [1.165, 1.54) is 0 Å². The molecule has 0 spiro atoms. The second kappa shape index (κ2) is 5.24. The minimum absolute atomic E-state index is 0.0578. The van der Waals surface area contributed by atoms with Gasteiger partial charge in [-0.3, -0.25) is 9.59 Å². The fourth-order valence-corrected chi connectivity index (χ4v) is 2.62. The summed E-state index contributed by atoms with van der Waals surface area (Å²) in [7, 11) is 0. The van der Waals surface area contributed by atoms with Crippen LogP contribution in [0.3, 0.4) is 0 Å². The van der Waals surface area contributed by atoms with Crippen molar-refractivity contribution in [1.82, 2.24) is 4.57 Å². The van der Waals surface area contributed by atoms with Gasteiger partial charge in [0.25, 0.3) is 10.8 Å². The number of nitrogens with zero attached hydrogens (tertiary/aromatic N) is 1. The number of ether oxygens (including phenoxy) is 1. The molecule has 5 heteroatoms. The summed E-state index contributed by atoms with van der Waals surface area (Å²) >= 11 is 5.47. The highest BCUT2D eigenvalue weighted by Crippen LogP contribution is 2.15. The first-order valence-corrected chi connectivity index (χ1v) is 6.41. The van der Waals surface area contributed by atoms with Gasteiger partial charge < -0.3 is 9.30 Å². The number of aromatic nitrogens is 1. The number of hydrogen-bond acceptors (Lipinski definition) is 3. The van der Waals surface area contributed by atoms with Crippen LogP contribution in [0.2, 0.25) is 0 Å². The van der Waals surface area contributed by atoms with Crippen LogP contribution in [0.1, 0.15) is 34.5 Å². The molecule has 2 rings (SSSR count). The molecule has 0 radical (unpaired) electrons. The van der Waals surface area contributed by atoms with E-state index in [0.29, 0.717) is 12.1 Å². The average Bonchev–Trinajstić information content (AvgIpc) is 2.75. The summed E-state index contributed by atoms with van der Waals surface area (Å²) in [6.07, 6.45) is 2.03. The molecule has 1 aliphatic rings. The third kappa shape index (κ3) is 2.49. The van der Waals surface area contributed by atoms with E-state index in [9.17, 15) is 9.59 Å². The topological polar surface area (TPSA) is 48.3 Å². The van der Waals surface area contributed by atoms with Gasteiger partial charge in [-0.1, -0.05) is 0 Å². The third-order valence-electron chi connectivity index (χ3n) is 3.31. The van der Waals surface area contributed by atoms with E-state index in [2.05, 4.69) is 0 Å². The summed E-state index contributed by atoms with van der Waals surface area (Å²) in [4.78, 5) is 23.6. The Morgan fingerprint density at radius 2 is 2.28 bits per heavy atom. The van der Waals surface area contributed by atoms with Crippen LogP contribution in [0.15, 0.2) is 10.9 Å². The van der Waals surface area contributed by atoms with E-state index in [0.717, 1.165) is 25.1 Å². The molecule has 98 valence electrons. The lowest BCUT2D eigenvalue weighted by atomic mass is 10.1. The first kappa shape index (κ1) is 13.3. The number of pyridine rings is 1. The van der Waals surface area contributed by atoms with Crippen LogP contribution in [0.4, 0.5) is 0 Å². The summed E-state index contributed by atoms with van der Waals surface area (Å²) in [6.45, 7) is 4.81. The molecule has 18 heavy (non-hydrogen) atoms. The Hall–Kier alpha value is -1.13. The van der Waals surface area contributed by atoms with E-state index in [1.807, 2.05) is 13.0 Å². The van der Waals surface area contributed by atoms with Gasteiger partial charge in [-0.25, -0.2) is 0 Å². The summed E-state index contributed by atoms with van der Waals surface area (Å²) in [5.41, 5.74) is 1.21. The van der Waals surface area contributed by atoms with E-state index in [4.69, 9.17) is 16.3 Å². The smallest absolute Gasteiger partial charge is 0.263 e. The SMILES string of the molecule is Cc1cc(C)n(CC2CCCO2)c(=O)c1C(=O)Cl. The number of hydrogen-bond donors (Lipinski definition) is 0. The number of carbonyl (C=O) groups is 1. The van der Waals surface area contributed by atoms with Crippen molar-refractivity contribution in [3.63, 3.8) is 0 Å². The Bertz CT molecular complexity index is 530. The quantitative estimate of drug-likeness (QED) is 0.789. The van der Waals surface area contributed by atoms with Crippen LogP contribution >= 0.6 is 11.6 Å². The average molecular weight is 270 g/mol. The van der Waals surface area contributed by atoms with Crippen LogP contribution in [-0.4, -0.2) is 22.5 Å². The van der Waals surface area contributed by atoms with Crippen LogP contribution in [0, 0.1) is 13.8 Å². The largest absolute Gasteiger partial charge is 0.376 e. The number of halogens is 1. The van der Waals surface area contributed by atoms with Gasteiger partial charge in [0.15, 0.2) is 0 Å². The Labute approximate surface area is 111 Å². The maximum absolute atomic E-state index is 12.2. The molecule has 0 saturated carbocycles. The second-order valence-corrected chi connectivity index (χ2v) is 5.01. The van der Waals surface area contributed by atoms with Crippen molar-refractivity contribution in [1.29, 1.82) is 0 Å². The van der Waals surface area contributed by atoms with E-state index >= 15 is 0 Å². The molecule has 2 heterocycles. The zero-order valence-corrected chi connectivity index (χ0v) is 11.3. The number of aryl methyl sites for hydroxylation is 2. The van der Waals surface area contributed by atoms with Gasteiger partial charge in [-0.05, 0) is 49.9 Å². The minimum atomic E-state index is -0.696. The van der Waals surface area contributed by atoms with Gasteiger partial charge in [-0.2, -0.15) is 0 Å². The first-order valence-electron chi connectivity index (χ1n) is 6.03. The lowest BCUT2D eigenvalue weighted by Gasteiger charge is -2.16. The highest BCUT2D eigenvalue weighted by atomic mass is 35.5. The van der Waals surface area contributed by atoms with Gasteiger partial charge >= 0.3 is 0 Å². The summed E-state index contributed by atoms with van der Waals surface area (Å²) in [6, 6.07) is 1.81. The predicted molar refractivity (Wildman–Crippen MR) is 69.3 cm³/mol. The Balaban J connectivity index is 2.43. The molecule has 1 fully saturated rings. The highest BCUT2D eigenvalue weighted by molar-refractivity contribution is 6.67. The molecule has 0 N–H and O–H groups in total. The molecular formula is C13H16ClNO3. The lowest BCUT2D eigenvalue weighted by Crippen LogP contribution is -2.32. The monoisotopic (exact) mass is 269 g/mol. The predicted octanol–water partition coefficient (Wildman–Crippen LogP) is 2.02. The van der Waals surface area contributed by atoms with Crippen LogP contribution in [0.25, 0.3) is 0 Å². The summed E-state index contributed by atoms with van der Waals surface area (Å²) in [5.74, 6) is 0. The molecule has 1 aromatic rings. The van der Waals surface area contributed by atoms with E-state index in [-0.39, 0.29) is 17.2 Å². The molecule has 0 aliphatic carbocycles. The molecule has 0 amide bonds. The number of carbonyl (C=O) groups excluding carboxylic acids is 1. The zero-order valence-electron chi connectivity index (χ0n) is 10.5. The van der Waals surface area contributed by atoms with Crippen molar-refractivity contribution < 1.29 is 9.53 Å². The molecule has 0 aromatic carbocycles. The van der Waals surface area contributed by atoms with Crippen molar-refractivity contribution in [2.24, 2.45) is 0 Å². The molecule has 4 nitrogen and oxygen atoms in total. The third-order valence-corrected chi connectivity index (χ3v) is 3.50. The summed E-state index contributed by atoms with van der Waals surface area (Å²) in [5, 5.41) is -0.696. The minimum Gasteiger partial charge on any atom is -0.376 e. The molecule has 1 aliphatic heterocycles. The lowest BCUT2D eigenvalue weighted by molar-refractivity contribution is 0.0951. The molecule has 1 saturated heterocycles. The van der Waals surface area contributed by atoms with Crippen LogP contribution in [0.5, 0.6) is 0 Å². The van der Waals surface area contributed by atoms with Gasteiger partial charge in [0.05, 0.1) is 12.6 Å². The Kier molecular flexibility index (Phi) is 3.88. The van der Waals surface area contributed by atoms with E-state index in [1.54, 1.807) is 11.5 Å². The maximum Gasteiger partial charge on any atom is 0.263 e. The van der Waals surface area contributed by atoms with Crippen molar-refractivity contribution >= 4 is 16.8 Å². The molecule has 1 atom stereocenters. The van der Waals surface area contributed by atoms with E-state index < -0.39 is 5.24 Å². The van der Waals surface area contributed by atoms with Gasteiger partial charge in [0.1, 0.15) is 5.56 Å². The van der Waals surface area contributed by atoms with Gasteiger partial charge in [-0.15, -0.1) is 0 Å². The maximum atomic E-state index is 12.2. The summed E-state index contributed by atoms with van der Waals surface area (Å²) < 4.78 is 7.10. The highest BCUT2D eigenvalue weighted by Gasteiger charge is 2.20. The van der Waals surface area contributed by atoms with Crippen LogP contribution in [-0.2, 0) is 11.3 Å². The van der Waals surface area contributed by atoms with Crippen LogP contribution < -0.4 is 5.56 Å². The molecule has 1 aromatic heterocycles.